The lowest BCUT2D eigenvalue weighted by molar-refractivity contribution is -0.146. The molecule has 0 unspecified atom stereocenters. The van der Waals surface area contributed by atoms with Crippen LogP contribution in [0.5, 0.6) is 0 Å². The van der Waals surface area contributed by atoms with Crippen molar-refractivity contribution in [3.8, 4) is 0 Å². The second-order valence-electron chi connectivity index (χ2n) is 5.23. The Bertz CT molecular complexity index is 1020. The highest BCUT2D eigenvalue weighted by molar-refractivity contribution is 9.10. The molecule has 2 N–H and O–H groups in total. The molecule has 0 atom stereocenters. The van der Waals surface area contributed by atoms with E-state index < -0.39 is 40.9 Å². The van der Waals surface area contributed by atoms with Crippen LogP contribution in [0.3, 0.4) is 0 Å². The van der Waals surface area contributed by atoms with Crippen LogP contribution < -0.4 is 10.0 Å². The van der Waals surface area contributed by atoms with E-state index in [9.17, 15) is 22.4 Å². The Balaban J connectivity index is 1.85. The summed E-state index contributed by atoms with van der Waals surface area (Å²) in [6, 6.07) is 7.73. The minimum absolute atomic E-state index is 0.0420. The fourth-order valence-corrected chi connectivity index (χ4v) is 4.06. The molecule has 0 saturated carbocycles. The molecule has 0 aliphatic heterocycles. The van der Waals surface area contributed by atoms with Gasteiger partial charge in [0.1, 0.15) is 17.3 Å². The van der Waals surface area contributed by atoms with Crippen molar-refractivity contribution in [3.63, 3.8) is 0 Å². The van der Waals surface area contributed by atoms with Gasteiger partial charge in [-0.15, -0.1) is 0 Å². The van der Waals surface area contributed by atoms with Crippen LogP contribution in [-0.2, 0) is 24.3 Å². The molecule has 12 heteroatoms. The SMILES string of the molecule is O=C(COC(=O)CNS(=O)(=O)c1ccc(Br)cc1Cl)Nc1ccc(Cl)cc1F. The molecule has 2 aromatic carbocycles. The van der Waals surface area contributed by atoms with Gasteiger partial charge in [0.2, 0.25) is 10.0 Å². The van der Waals surface area contributed by atoms with E-state index in [4.69, 9.17) is 23.2 Å². The highest BCUT2D eigenvalue weighted by Gasteiger charge is 2.20. The Kier molecular flexibility index (Phi) is 7.79. The van der Waals surface area contributed by atoms with E-state index in [1.165, 1.54) is 30.3 Å². The summed E-state index contributed by atoms with van der Waals surface area (Å²) in [5, 5.41) is 2.30. The molecular weight excluding hydrogens is 502 g/mol. The van der Waals surface area contributed by atoms with E-state index in [-0.39, 0.29) is 20.6 Å². The molecule has 0 aliphatic rings. The van der Waals surface area contributed by atoms with Gasteiger partial charge in [0.05, 0.1) is 10.7 Å². The number of halogens is 4. The first-order valence-corrected chi connectivity index (χ1v) is 10.5. The lowest BCUT2D eigenvalue weighted by Crippen LogP contribution is -2.32. The maximum absolute atomic E-state index is 13.6. The monoisotopic (exact) mass is 512 g/mol. The number of sulfonamides is 1. The summed E-state index contributed by atoms with van der Waals surface area (Å²) >= 11 is 14.6. The first kappa shape index (κ1) is 22.6. The third-order valence-corrected chi connectivity index (χ3v) is 5.77. The minimum Gasteiger partial charge on any atom is -0.455 e. The molecule has 0 spiro atoms. The molecule has 28 heavy (non-hydrogen) atoms. The Labute approximate surface area is 178 Å². The number of amides is 1. The maximum Gasteiger partial charge on any atom is 0.321 e. The predicted octanol–water partition coefficient (Wildman–Crippen LogP) is 3.36. The summed E-state index contributed by atoms with van der Waals surface area (Å²) in [6.07, 6.45) is 0. The van der Waals surface area contributed by atoms with E-state index in [0.29, 0.717) is 4.47 Å². The van der Waals surface area contributed by atoms with Crippen LogP contribution in [0.4, 0.5) is 10.1 Å². The second-order valence-corrected chi connectivity index (χ2v) is 8.73. The lowest BCUT2D eigenvalue weighted by atomic mass is 10.3. The number of carbonyl (C=O) groups excluding carboxylic acids is 2. The van der Waals surface area contributed by atoms with Crippen molar-refractivity contribution in [3.05, 3.63) is 56.7 Å². The third-order valence-electron chi connectivity index (χ3n) is 3.16. The molecule has 0 aliphatic carbocycles. The van der Waals surface area contributed by atoms with Crippen LogP contribution in [-0.4, -0.2) is 33.4 Å². The Hall–Kier alpha value is -1.72. The minimum atomic E-state index is -4.07. The standard InChI is InChI=1S/C16H12BrCl2FN2O5S/c17-9-1-4-14(11(19)5-9)28(25,26)21-7-16(24)27-8-15(23)22-13-3-2-10(18)6-12(13)20/h1-6,21H,7-8H2,(H,22,23). The van der Waals surface area contributed by atoms with Crippen LogP contribution in [0.25, 0.3) is 0 Å². The fourth-order valence-electron chi connectivity index (χ4n) is 1.90. The van der Waals surface area contributed by atoms with Gasteiger partial charge in [-0.2, -0.15) is 4.72 Å². The van der Waals surface area contributed by atoms with Crippen molar-refractivity contribution in [1.29, 1.82) is 0 Å². The molecule has 0 saturated heterocycles. The molecular formula is C16H12BrCl2FN2O5S. The topological polar surface area (TPSA) is 102 Å². The largest absolute Gasteiger partial charge is 0.455 e. The highest BCUT2D eigenvalue weighted by atomic mass is 79.9. The summed E-state index contributed by atoms with van der Waals surface area (Å²) in [6.45, 7) is -1.46. The maximum atomic E-state index is 13.6. The molecule has 1 amide bonds. The first-order chi connectivity index (χ1) is 13.1. The van der Waals surface area contributed by atoms with Crippen LogP contribution in [0, 0.1) is 5.82 Å². The van der Waals surface area contributed by atoms with Gasteiger partial charge in [0, 0.05) is 9.50 Å². The summed E-state index contributed by atoms with van der Waals surface area (Å²) < 4.78 is 45.2. The zero-order valence-electron chi connectivity index (χ0n) is 13.8. The quantitative estimate of drug-likeness (QED) is 0.553. The molecule has 0 heterocycles. The number of anilines is 1. The average Bonchev–Trinajstić information content (AvgIpc) is 2.60. The molecule has 2 rings (SSSR count). The molecule has 0 fully saturated rings. The second kappa shape index (κ2) is 9.66. The Morgan fingerprint density at radius 3 is 2.50 bits per heavy atom. The van der Waals surface area contributed by atoms with Gasteiger partial charge in [0.25, 0.3) is 5.91 Å². The van der Waals surface area contributed by atoms with Crippen molar-refractivity contribution in [2.75, 3.05) is 18.5 Å². The van der Waals surface area contributed by atoms with Crippen LogP contribution in [0.2, 0.25) is 10.0 Å². The van der Waals surface area contributed by atoms with Crippen molar-refractivity contribution in [1.82, 2.24) is 4.72 Å². The molecule has 150 valence electrons. The van der Waals surface area contributed by atoms with Gasteiger partial charge in [-0.05, 0) is 36.4 Å². The predicted molar refractivity (Wildman–Crippen MR) is 105 cm³/mol. The molecule has 0 radical (unpaired) electrons. The number of hydrogen-bond acceptors (Lipinski definition) is 5. The molecule has 7 nitrogen and oxygen atoms in total. The van der Waals surface area contributed by atoms with E-state index in [1.807, 2.05) is 4.72 Å². The smallest absolute Gasteiger partial charge is 0.321 e. The van der Waals surface area contributed by atoms with E-state index in [2.05, 4.69) is 26.0 Å². The Morgan fingerprint density at radius 2 is 1.86 bits per heavy atom. The van der Waals surface area contributed by atoms with Crippen LogP contribution in [0.15, 0.2) is 45.8 Å². The van der Waals surface area contributed by atoms with Gasteiger partial charge in [0.15, 0.2) is 6.61 Å². The van der Waals surface area contributed by atoms with Crippen molar-refractivity contribution in [2.24, 2.45) is 0 Å². The summed E-state index contributed by atoms with van der Waals surface area (Å²) in [4.78, 5) is 23.2. The Morgan fingerprint density at radius 1 is 1.14 bits per heavy atom. The molecule has 2 aromatic rings. The van der Waals surface area contributed by atoms with Crippen molar-refractivity contribution in [2.45, 2.75) is 4.90 Å². The van der Waals surface area contributed by atoms with Gasteiger partial charge >= 0.3 is 5.97 Å². The number of carbonyl (C=O) groups is 2. The zero-order chi connectivity index (χ0) is 20.9. The summed E-state index contributed by atoms with van der Waals surface area (Å²) in [5.74, 6) is -2.58. The van der Waals surface area contributed by atoms with Crippen LogP contribution in [0.1, 0.15) is 0 Å². The summed E-state index contributed by atoms with van der Waals surface area (Å²) in [7, 11) is -4.07. The number of esters is 1. The number of benzene rings is 2. The van der Waals surface area contributed by atoms with Crippen molar-refractivity contribution < 1.29 is 27.1 Å². The number of nitrogens with one attached hydrogen (secondary N) is 2. The van der Waals surface area contributed by atoms with Gasteiger partial charge in [-0.25, -0.2) is 12.8 Å². The van der Waals surface area contributed by atoms with E-state index in [1.54, 1.807) is 0 Å². The number of rotatable bonds is 7. The van der Waals surface area contributed by atoms with Crippen molar-refractivity contribution >= 4 is 66.7 Å². The average molecular weight is 514 g/mol. The highest BCUT2D eigenvalue weighted by Crippen LogP contribution is 2.25. The number of hydrogen-bond donors (Lipinski definition) is 2. The van der Waals surface area contributed by atoms with E-state index >= 15 is 0 Å². The van der Waals surface area contributed by atoms with Gasteiger partial charge in [-0.1, -0.05) is 39.1 Å². The van der Waals surface area contributed by atoms with E-state index in [0.717, 1.165) is 6.07 Å². The lowest BCUT2D eigenvalue weighted by Gasteiger charge is -2.09. The van der Waals surface area contributed by atoms with Gasteiger partial charge < -0.3 is 10.1 Å². The zero-order valence-corrected chi connectivity index (χ0v) is 17.8. The summed E-state index contributed by atoms with van der Waals surface area (Å²) in [5.41, 5.74) is -0.143. The molecule has 0 aromatic heterocycles. The normalized spacial score (nSPS) is 11.1. The first-order valence-electron chi connectivity index (χ1n) is 7.44. The van der Waals surface area contributed by atoms with Gasteiger partial charge in [-0.3, -0.25) is 9.59 Å². The van der Waals surface area contributed by atoms with Crippen LogP contribution >= 0.6 is 39.1 Å². The molecule has 0 bridgehead atoms. The third kappa shape index (κ3) is 6.42. The fraction of sp³-hybridized carbons (Fsp3) is 0.125. The number of ether oxygens (including phenoxy) is 1.